The standard InChI is InChI=1S/C19H25Cl2NO3/c1-13-12-18(24)6-8-19(13,9-7-18)22-17(23)3-2-10-25-16-5-4-14(20)11-15(16)21/h4-5,11,13,24H,2-3,6-10,12H2,1H3,(H,22,23). The molecule has 0 radical (unpaired) electrons. The number of halogens is 2. The van der Waals surface area contributed by atoms with Gasteiger partial charge in [-0.25, -0.2) is 0 Å². The molecule has 1 unspecified atom stereocenters. The normalized spacial score (nSPS) is 31.0. The van der Waals surface area contributed by atoms with Crippen molar-refractivity contribution in [3.8, 4) is 5.75 Å². The van der Waals surface area contributed by atoms with E-state index in [0.717, 1.165) is 32.1 Å². The van der Waals surface area contributed by atoms with Crippen LogP contribution in [-0.2, 0) is 4.79 Å². The first-order valence-electron chi connectivity index (χ1n) is 8.93. The zero-order valence-electron chi connectivity index (χ0n) is 14.5. The number of rotatable bonds is 6. The van der Waals surface area contributed by atoms with Gasteiger partial charge in [0.2, 0.25) is 5.91 Å². The van der Waals surface area contributed by atoms with Crippen molar-refractivity contribution >= 4 is 29.1 Å². The second-order valence-electron chi connectivity index (χ2n) is 7.56. The molecule has 138 valence electrons. The van der Waals surface area contributed by atoms with Gasteiger partial charge in [-0.3, -0.25) is 4.79 Å². The molecule has 4 nitrogen and oxygen atoms in total. The molecule has 0 spiro atoms. The summed E-state index contributed by atoms with van der Waals surface area (Å²) >= 11 is 11.9. The number of nitrogens with one attached hydrogen (secondary N) is 1. The van der Waals surface area contributed by atoms with Crippen molar-refractivity contribution in [1.29, 1.82) is 0 Å². The fraction of sp³-hybridized carbons (Fsp3) is 0.632. The summed E-state index contributed by atoms with van der Waals surface area (Å²) < 4.78 is 5.62. The molecule has 1 aromatic carbocycles. The van der Waals surface area contributed by atoms with Crippen LogP contribution in [0.1, 0.15) is 51.9 Å². The summed E-state index contributed by atoms with van der Waals surface area (Å²) in [5.74, 6) is 0.954. The molecular weight excluding hydrogens is 361 g/mol. The zero-order chi connectivity index (χ0) is 18.1. The highest BCUT2D eigenvalue weighted by Crippen LogP contribution is 2.50. The number of benzene rings is 1. The molecule has 0 aliphatic heterocycles. The summed E-state index contributed by atoms with van der Waals surface area (Å²) in [6.45, 7) is 2.56. The SMILES string of the molecule is CC1CC2(O)CCC1(NC(=O)CCCOc1ccc(Cl)cc1Cl)CC2. The summed E-state index contributed by atoms with van der Waals surface area (Å²) in [5.41, 5.74) is -0.639. The molecule has 3 saturated carbocycles. The first-order chi connectivity index (χ1) is 11.8. The largest absolute Gasteiger partial charge is 0.492 e. The van der Waals surface area contributed by atoms with Crippen LogP contribution in [-0.4, -0.2) is 28.8 Å². The van der Waals surface area contributed by atoms with Crippen molar-refractivity contribution in [1.82, 2.24) is 5.32 Å². The fourth-order valence-corrected chi connectivity index (χ4v) is 4.68. The lowest BCUT2D eigenvalue weighted by Gasteiger charge is -2.55. The Morgan fingerprint density at radius 2 is 2.04 bits per heavy atom. The predicted molar refractivity (Wildman–Crippen MR) is 99.3 cm³/mol. The molecule has 25 heavy (non-hydrogen) atoms. The Morgan fingerprint density at radius 3 is 2.68 bits per heavy atom. The van der Waals surface area contributed by atoms with Gasteiger partial charge >= 0.3 is 0 Å². The van der Waals surface area contributed by atoms with Gasteiger partial charge in [0, 0.05) is 17.0 Å². The van der Waals surface area contributed by atoms with Crippen LogP contribution in [0.5, 0.6) is 5.75 Å². The Bertz CT molecular complexity index is 642. The van der Waals surface area contributed by atoms with Crippen LogP contribution in [0.25, 0.3) is 0 Å². The number of amides is 1. The number of aliphatic hydroxyl groups is 1. The molecule has 2 bridgehead atoms. The zero-order valence-corrected chi connectivity index (χ0v) is 16.0. The van der Waals surface area contributed by atoms with Gasteiger partial charge in [-0.05, 0) is 62.6 Å². The van der Waals surface area contributed by atoms with Crippen LogP contribution in [0.4, 0.5) is 0 Å². The lowest BCUT2D eigenvalue weighted by molar-refractivity contribution is -0.134. The Hall–Kier alpha value is -0.970. The number of fused-ring (bicyclic) bond motifs is 3. The second kappa shape index (κ2) is 7.34. The summed E-state index contributed by atoms with van der Waals surface area (Å²) in [6, 6.07) is 5.10. The van der Waals surface area contributed by atoms with Crippen molar-refractivity contribution in [3.05, 3.63) is 28.2 Å². The van der Waals surface area contributed by atoms with Crippen LogP contribution < -0.4 is 10.1 Å². The van der Waals surface area contributed by atoms with E-state index in [4.69, 9.17) is 27.9 Å². The van der Waals surface area contributed by atoms with E-state index in [1.54, 1.807) is 18.2 Å². The van der Waals surface area contributed by atoms with E-state index in [0.29, 0.717) is 41.2 Å². The van der Waals surface area contributed by atoms with Crippen molar-refractivity contribution in [2.24, 2.45) is 5.92 Å². The van der Waals surface area contributed by atoms with Gasteiger partial charge in [-0.2, -0.15) is 0 Å². The number of hydrogen-bond acceptors (Lipinski definition) is 3. The Balaban J connectivity index is 1.44. The lowest BCUT2D eigenvalue weighted by atomic mass is 9.58. The summed E-state index contributed by atoms with van der Waals surface area (Å²) in [5, 5.41) is 14.7. The van der Waals surface area contributed by atoms with Crippen LogP contribution in [0.3, 0.4) is 0 Å². The Morgan fingerprint density at radius 1 is 1.32 bits per heavy atom. The molecule has 0 saturated heterocycles. The summed E-state index contributed by atoms with van der Waals surface area (Å²) in [4.78, 5) is 12.4. The maximum Gasteiger partial charge on any atom is 0.220 e. The molecule has 2 N–H and O–H groups in total. The van der Waals surface area contributed by atoms with Crippen LogP contribution >= 0.6 is 23.2 Å². The molecule has 3 aliphatic carbocycles. The van der Waals surface area contributed by atoms with Gasteiger partial charge in [0.15, 0.2) is 0 Å². The Kier molecular flexibility index (Phi) is 5.52. The van der Waals surface area contributed by atoms with E-state index in [2.05, 4.69) is 12.2 Å². The monoisotopic (exact) mass is 385 g/mol. The second-order valence-corrected chi connectivity index (χ2v) is 8.40. The van der Waals surface area contributed by atoms with Gasteiger partial charge in [0.25, 0.3) is 0 Å². The number of carbonyl (C=O) groups is 1. The minimum atomic E-state index is -0.502. The molecule has 0 aromatic heterocycles. The minimum absolute atomic E-state index is 0.0602. The third-order valence-electron chi connectivity index (χ3n) is 5.79. The van der Waals surface area contributed by atoms with Gasteiger partial charge in [0.05, 0.1) is 17.2 Å². The van der Waals surface area contributed by atoms with Crippen molar-refractivity contribution in [2.45, 2.75) is 63.0 Å². The summed E-state index contributed by atoms with van der Waals surface area (Å²) in [6.07, 6.45) is 5.14. The van der Waals surface area contributed by atoms with Crippen LogP contribution in [0, 0.1) is 5.92 Å². The highest BCUT2D eigenvalue weighted by atomic mass is 35.5. The van der Waals surface area contributed by atoms with Crippen molar-refractivity contribution in [3.63, 3.8) is 0 Å². The van der Waals surface area contributed by atoms with Gasteiger partial charge in [-0.15, -0.1) is 0 Å². The average molecular weight is 386 g/mol. The average Bonchev–Trinajstić information content (AvgIpc) is 2.55. The topological polar surface area (TPSA) is 58.6 Å². The highest BCUT2D eigenvalue weighted by molar-refractivity contribution is 6.35. The molecular formula is C19H25Cl2NO3. The van der Waals surface area contributed by atoms with E-state index < -0.39 is 5.60 Å². The van der Waals surface area contributed by atoms with E-state index in [9.17, 15) is 9.90 Å². The van der Waals surface area contributed by atoms with Crippen LogP contribution in [0.15, 0.2) is 18.2 Å². The van der Waals surface area contributed by atoms with E-state index in [-0.39, 0.29) is 11.4 Å². The molecule has 6 heteroatoms. The molecule has 3 fully saturated rings. The predicted octanol–water partition coefficient (Wildman–Crippen LogP) is 4.35. The van der Waals surface area contributed by atoms with Crippen molar-refractivity contribution < 1.29 is 14.6 Å². The van der Waals surface area contributed by atoms with Gasteiger partial charge < -0.3 is 15.2 Å². The number of hydrogen-bond donors (Lipinski definition) is 2. The minimum Gasteiger partial charge on any atom is -0.492 e. The molecule has 1 atom stereocenters. The van der Waals surface area contributed by atoms with Crippen LogP contribution in [0.2, 0.25) is 10.0 Å². The lowest BCUT2D eigenvalue weighted by Crippen LogP contribution is -2.63. The van der Waals surface area contributed by atoms with Gasteiger partial charge in [0.1, 0.15) is 5.75 Å². The number of carbonyl (C=O) groups excluding carboxylic acids is 1. The van der Waals surface area contributed by atoms with E-state index in [1.807, 2.05) is 0 Å². The molecule has 4 rings (SSSR count). The smallest absolute Gasteiger partial charge is 0.220 e. The van der Waals surface area contributed by atoms with Gasteiger partial charge in [-0.1, -0.05) is 30.1 Å². The van der Waals surface area contributed by atoms with Crippen molar-refractivity contribution in [2.75, 3.05) is 6.61 Å². The van der Waals surface area contributed by atoms with E-state index in [1.165, 1.54) is 0 Å². The van der Waals surface area contributed by atoms with E-state index >= 15 is 0 Å². The first-order valence-corrected chi connectivity index (χ1v) is 9.69. The summed E-state index contributed by atoms with van der Waals surface area (Å²) in [7, 11) is 0. The maximum absolute atomic E-state index is 12.4. The Labute approximate surface area is 158 Å². The third-order valence-corrected chi connectivity index (χ3v) is 6.32. The molecule has 0 heterocycles. The first kappa shape index (κ1) is 18.8. The quantitative estimate of drug-likeness (QED) is 0.715. The number of ether oxygens (including phenoxy) is 1. The molecule has 1 amide bonds. The molecule has 1 aromatic rings. The molecule has 3 aliphatic rings. The highest BCUT2D eigenvalue weighted by Gasteiger charge is 2.52. The maximum atomic E-state index is 12.4. The third kappa shape index (κ3) is 4.24. The fourth-order valence-electron chi connectivity index (χ4n) is 4.22.